The number of nitrogens with zero attached hydrogens (tertiary/aromatic N) is 3. The Morgan fingerprint density at radius 2 is 2.04 bits per heavy atom. The fourth-order valence-corrected chi connectivity index (χ4v) is 3.07. The molecule has 0 unspecified atom stereocenters. The summed E-state index contributed by atoms with van der Waals surface area (Å²) in [7, 11) is 5.79. The fraction of sp³-hybridized carbons (Fsp3) is 0.550. The van der Waals surface area contributed by atoms with Crippen molar-refractivity contribution in [3.8, 4) is 22.8 Å². The second-order valence-electron chi connectivity index (χ2n) is 6.86. The van der Waals surface area contributed by atoms with Crippen LogP contribution in [0.2, 0.25) is 0 Å². The molecule has 0 atom stereocenters. The third-order valence-electron chi connectivity index (χ3n) is 4.59. The highest BCUT2D eigenvalue weighted by Gasteiger charge is 2.15. The molecule has 0 bridgehead atoms. The van der Waals surface area contributed by atoms with Gasteiger partial charge >= 0.3 is 0 Å². The number of nitrogens with one attached hydrogen (secondary N) is 1. The first-order valence-corrected chi connectivity index (χ1v) is 9.48. The predicted molar refractivity (Wildman–Crippen MR) is 105 cm³/mol. The summed E-state index contributed by atoms with van der Waals surface area (Å²) < 4.78 is 18.5. The lowest BCUT2D eigenvalue weighted by molar-refractivity contribution is 0.161. The molecule has 7 nitrogen and oxygen atoms in total. The lowest BCUT2D eigenvalue weighted by atomic mass is 10.1. The summed E-state index contributed by atoms with van der Waals surface area (Å²) >= 11 is 0. The van der Waals surface area contributed by atoms with E-state index >= 15 is 0 Å². The van der Waals surface area contributed by atoms with Crippen molar-refractivity contribution < 1.29 is 14.2 Å². The van der Waals surface area contributed by atoms with Crippen molar-refractivity contribution >= 4 is 0 Å². The number of aromatic nitrogens is 2. The molecule has 2 aromatic rings. The zero-order valence-electron chi connectivity index (χ0n) is 16.5. The Kier molecular flexibility index (Phi) is 7.09. The van der Waals surface area contributed by atoms with E-state index < -0.39 is 0 Å². The summed E-state index contributed by atoms with van der Waals surface area (Å²) in [5.74, 6) is 1.61. The van der Waals surface area contributed by atoms with Gasteiger partial charge in [-0.05, 0) is 25.2 Å². The molecule has 0 saturated heterocycles. The minimum Gasteiger partial charge on any atom is -0.490 e. The summed E-state index contributed by atoms with van der Waals surface area (Å²) in [6.07, 6.45) is 2.97. The molecular weight excluding hydrogens is 344 g/mol. The third-order valence-corrected chi connectivity index (χ3v) is 4.59. The topological polar surface area (TPSA) is 60.8 Å². The van der Waals surface area contributed by atoms with Crippen molar-refractivity contribution in [1.82, 2.24) is 20.0 Å². The van der Waals surface area contributed by atoms with Gasteiger partial charge in [0.05, 0.1) is 25.5 Å². The molecule has 7 heteroatoms. The Morgan fingerprint density at radius 3 is 2.85 bits per heavy atom. The van der Waals surface area contributed by atoms with Gasteiger partial charge < -0.3 is 24.4 Å². The van der Waals surface area contributed by atoms with Crippen LogP contribution in [0.5, 0.6) is 11.5 Å². The van der Waals surface area contributed by atoms with Gasteiger partial charge in [-0.15, -0.1) is 0 Å². The molecule has 2 heterocycles. The van der Waals surface area contributed by atoms with Gasteiger partial charge in [0.1, 0.15) is 0 Å². The quantitative estimate of drug-likeness (QED) is 0.677. The smallest absolute Gasteiger partial charge is 0.161 e. The predicted octanol–water partition coefficient (Wildman–Crippen LogP) is 1.92. The van der Waals surface area contributed by atoms with Crippen LogP contribution in [0.4, 0.5) is 0 Å². The Balaban J connectivity index is 1.63. The van der Waals surface area contributed by atoms with Crippen molar-refractivity contribution in [3.05, 3.63) is 30.0 Å². The van der Waals surface area contributed by atoms with Crippen LogP contribution < -0.4 is 14.8 Å². The van der Waals surface area contributed by atoms with Gasteiger partial charge in [-0.3, -0.25) is 4.68 Å². The van der Waals surface area contributed by atoms with Crippen LogP contribution in [-0.4, -0.2) is 68.3 Å². The summed E-state index contributed by atoms with van der Waals surface area (Å²) in [6, 6.07) is 6.07. The normalized spacial score (nSPS) is 13.8. The lowest BCUT2D eigenvalue weighted by Gasteiger charge is -2.16. The maximum Gasteiger partial charge on any atom is 0.161 e. The number of methoxy groups -OCH3 is 1. The second-order valence-corrected chi connectivity index (χ2v) is 6.86. The average Bonchev–Trinajstić information content (AvgIpc) is 2.88. The SMILES string of the molecule is COCCN(C)CCNCc1cn(C)nc1-c1ccc2c(c1)OCCCO2. The molecular formula is C20H30N4O3. The van der Waals surface area contributed by atoms with Crippen LogP contribution in [0, 0.1) is 0 Å². The Hall–Kier alpha value is -2.09. The molecule has 1 aromatic heterocycles. The standard InChI is InChI=1S/C20H30N4O3/c1-23(9-12-25-3)8-7-21-14-17-15-24(2)22-20(17)16-5-6-18-19(13-16)27-11-4-10-26-18/h5-6,13,15,21H,4,7-12,14H2,1-3H3. The van der Waals surface area contributed by atoms with E-state index in [2.05, 4.69) is 34.6 Å². The Bertz CT molecular complexity index is 732. The van der Waals surface area contributed by atoms with E-state index in [9.17, 15) is 0 Å². The van der Waals surface area contributed by atoms with Crippen molar-refractivity contribution in [2.24, 2.45) is 7.05 Å². The molecule has 0 spiro atoms. The molecule has 1 aromatic carbocycles. The van der Waals surface area contributed by atoms with E-state index in [0.717, 1.165) is 62.0 Å². The van der Waals surface area contributed by atoms with Crippen LogP contribution in [0.25, 0.3) is 11.3 Å². The molecule has 3 rings (SSSR count). The fourth-order valence-electron chi connectivity index (χ4n) is 3.07. The van der Waals surface area contributed by atoms with Crippen molar-refractivity contribution in [2.45, 2.75) is 13.0 Å². The monoisotopic (exact) mass is 374 g/mol. The largest absolute Gasteiger partial charge is 0.490 e. The van der Waals surface area contributed by atoms with Gasteiger partial charge in [-0.25, -0.2) is 0 Å². The van der Waals surface area contributed by atoms with Crippen molar-refractivity contribution in [3.63, 3.8) is 0 Å². The van der Waals surface area contributed by atoms with E-state index in [4.69, 9.17) is 14.2 Å². The highest BCUT2D eigenvalue weighted by Crippen LogP contribution is 2.34. The molecule has 0 saturated carbocycles. The number of likely N-dealkylation sites (N-methyl/N-ethyl adjacent to an activating group) is 1. The molecule has 0 amide bonds. The van der Waals surface area contributed by atoms with Gasteiger partial charge in [0, 0.05) is 64.1 Å². The minimum absolute atomic E-state index is 0.684. The summed E-state index contributed by atoms with van der Waals surface area (Å²) in [5.41, 5.74) is 3.20. The summed E-state index contributed by atoms with van der Waals surface area (Å²) in [4.78, 5) is 2.25. The van der Waals surface area contributed by atoms with E-state index in [1.165, 1.54) is 5.56 Å². The van der Waals surface area contributed by atoms with Gasteiger partial charge in [0.25, 0.3) is 0 Å². The summed E-state index contributed by atoms with van der Waals surface area (Å²) in [6.45, 7) is 5.74. The Labute approximate surface area is 161 Å². The second kappa shape index (κ2) is 9.73. The molecule has 1 N–H and O–H groups in total. The van der Waals surface area contributed by atoms with Gasteiger partial charge in [0.15, 0.2) is 11.5 Å². The number of ether oxygens (including phenoxy) is 3. The van der Waals surface area contributed by atoms with Crippen molar-refractivity contribution in [1.29, 1.82) is 0 Å². The number of benzene rings is 1. The van der Waals surface area contributed by atoms with Crippen LogP contribution in [0.3, 0.4) is 0 Å². The molecule has 0 fully saturated rings. The number of aryl methyl sites for hydroxylation is 1. The zero-order chi connectivity index (χ0) is 19.1. The summed E-state index contributed by atoms with van der Waals surface area (Å²) in [5, 5.41) is 8.17. The Morgan fingerprint density at radius 1 is 1.22 bits per heavy atom. The van der Waals surface area contributed by atoms with E-state index in [0.29, 0.717) is 13.2 Å². The third kappa shape index (κ3) is 5.45. The maximum atomic E-state index is 5.82. The zero-order valence-corrected chi connectivity index (χ0v) is 16.5. The van der Waals surface area contributed by atoms with Crippen LogP contribution in [0.15, 0.2) is 24.4 Å². The minimum atomic E-state index is 0.684. The number of hydrogen-bond acceptors (Lipinski definition) is 6. The molecule has 0 aliphatic carbocycles. The maximum absolute atomic E-state index is 5.82. The first kappa shape index (κ1) is 19.7. The number of hydrogen-bond donors (Lipinski definition) is 1. The lowest BCUT2D eigenvalue weighted by Crippen LogP contribution is -2.31. The van der Waals surface area contributed by atoms with E-state index in [1.807, 2.05) is 23.9 Å². The van der Waals surface area contributed by atoms with E-state index in [-0.39, 0.29) is 0 Å². The van der Waals surface area contributed by atoms with E-state index in [1.54, 1.807) is 7.11 Å². The van der Waals surface area contributed by atoms with Crippen molar-refractivity contribution in [2.75, 3.05) is 53.6 Å². The van der Waals surface area contributed by atoms with Gasteiger partial charge in [-0.1, -0.05) is 0 Å². The first-order chi connectivity index (χ1) is 13.2. The highest BCUT2D eigenvalue weighted by molar-refractivity contribution is 5.66. The molecule has 27 heavy (non-hydrogen) atoms. The first-order valence-electron chi connectivity index (χ1n) is 9.48. The average molecular weight is 374 g/mol. The molecule has 148 valence electrons. The number of rotatable bonds is 9. The van der Waals surface area contributed by atoms with Crippen LogP contribution in [-0.2, 0) is 18.3 Å². The molecule has 1 aliphatic rings. The number of fused-ring (bicyclic) bond motifs is 1. The van der Waals surface area contributed by atoms with Gasteiger partial charge in [0.2, 0.25) is 0 Å². The van der Waals surface area contributed by atoms with Gasteiger partial charge in [-0.2, -0.15) is 5.10 Å². The van der Waals surface area contributed by atoms with Crippen LogP contribution >= 0.6 is 0 Å². The van der Waals surface area contributed by atoms with Crippen LogP contribution in [0.1, 0.15) is 12.0 Å². The molecule has 1 aliphatic heterocycles. The molecule has 0 radical (unpaired) electrons. The highest BCUT2D eigenvalue weighted by atomic mass is 16.5.